The number of nitrogens with zero attached hydrogens (tertiary/aromatic N) is 1. The zero-order valence-corrected chi connectivity index (χ0v) is 12.6. The molecule has 1 aliphatic heterocycles. The third kappa shape index (κ3) is 5.39. The lowest BCUT2D eigenvalue weighted by molar-refractivity contribution is 0.240. The first-order chi connectivity index (χ1) is 7.93. The summed E-state index contributed by atoms with van der Waals surface area (Å²) in [5, 5.41) is 3.79. The molecule has 1 saturated heterocycles. The van der Waals surface area contributed by atoms with E-state index in [1.54, 1.807) is 0 Å². The van der Waals surface area contributed by atoms with Crippen LogP contribution in [0.1, 0.15) is 53.9 Å². The normalized spacial score (nSPS) is 25.6. The summed E-state index contributed by atoms with van der Waals surface area (Å²) in [6.07, 6.45) is 4.04. The van der Waals surface area contributed by atoms with Crippen molar-refractivity contribution in [3.63, 3.8) is 0 Å². The molecule has 0 amide bonds. The van der Waals surface area contributed by atoms with Gasteiger partial charge in [-0.05, 0) is 56.8 Å². The maximum atomic E-state index is 3.79. The van der Waals surface area contributed by atoms with Gasteiger partial charge in [-0.2, -0.15) is 0 Å². The third-order valence-electron chi connectivity index (χ3n) is 4.46. The molecule has 2 nitrogen and oxygen atoms in total. The van der Waals surface area contributed by atoms with Crippen LogP contribution < -0.4 is 5.32 Å². The second-order valence-corrected chi connectivity index (χ2v) is 6.74. The summed E-state index contributed by atoms with van der Waals surface area (Å²) in [6.45, 7) is 16.6. The Morgan fingerprint density at radius 3 is 2.53 bits per heavy atom. The van der Waals surface area contributed by atoms with Crippen LogP contribution in [0.2, 0.25) is 0 Å². The molecule has 17 heavy (non-hydrogen) atoms. The molecule has 1 rings (SSSR count). The minimum absolute atomic E-state index is 0.424. The van der Waals surface area contributed by atoms with Crippen LogP contribution in [0, 0.1) is 11.3 Å². The Kier molecular flexibility index (Phi) is 5.94. The van der Waals surface area contributed by atoms with Crippen molar-refractivity contribution in [3.8, 4) is 0 Å². The van der Waals surface area contributed by atoms with E-state index in [0.29, 0.717) is 5.41 Å². The Balaban J connectivity index is 2.28. The summed E-state index contributed by atoms with van der Waals surface area (Å²) in [5.74, 6) is 0.744. The highest BCUT2D eigenvalue weighted by molar-refractivity contribution is 4.78. The van der Waals surface area contributed by atoms with E-state index in [4.69, 9.17) is 0 Å². The standard InChI is InChI=1S/C15H32N2/c1-6-17-10-7-8-14(9-11-17)16-12-13(2)15(3,4)5/h13-14,16H,6-12H2,1-5H3. The van der Waals surface area contributed by atoms with Crippen LogP contribution in [0.4, 0.5) is 0 Å². The van der Waals surface area contributed by atoms with Crippen LogP contribution in [-0.2, 0) is 0 Å². The topological polar surface area (TPSA) is 15.3 Å². The largest absolute Gasteiger partial charge is 0.314 e. The fourth-order valence-electron chi connectivity index (χ4n) is 2.33. The zero-order valence-electron chi connectivity index (χ0n) is 12.6. The lowest BCUT2D eigenvalue weighted by Crippen LogP contribution is -2.37. The maximum Gasteiger partial charge on any atom is 0.00798 e. The molecule has 0 aliphatic carbocycles. The quantitative estimate of drug-likeness (QED) is 0.812. The SMILES string of the molecule is CCN1CCCC(NCC(C)C(C)(C)C)CC1. The van der Waals surface area contributed by atoms with Gasteiger partial charge in [0.1, 0.15) is 0 Å². The van der Waals surface area contributed by atoms with Crippen LogP contribution >= 0.6 is 0 Å². The Hall–Kier alpha value is -0.0800. The van der Waals surface area contributed by atoms with Crippen molar-refractivity contribution < 1.29 is 0 Å². The molecule has 1 N–H and O–H groups in total. The first-order valence-corrected chi connectivity index (χ1v) is 7.39. The predicted molar refractivity (Wildman–Crippen MR) is 76.4 cm³/mol. The van der Waals surface area contributed by atoms with Gasteiger partial charge in [0.25, 0.3) is 0 Å². The molecule has 0 bridgehead atoms. The average Bonchev–Trinajstić information content (AvgIpc) is 2.49. The summed E-state index contributed by atoms with van der Waals surface area (Å²) in [7, 11) is 0. The van der Waals surface area contributed by atoms with Gasteiger partial charge in [-0.1, -0.05) is 34.6 Å². The lowest BCUT2D eigenvalue weighted by Gasteiger charge is -2.29. The van der Waals surface area contributed by atoms with Gasteiger partial charge in [-0.3, -0.25) is 0 Å². The van der Waals surface area contributed by atoms with Crippen molar-refractivity contribution in [2.75, 3.05) is 26.2 Å². The minimum Gasteiger partial charge on any atom is -0.314 e. The van der Waals surface area contributed by atoms with Crippen molar-refractivity contribution in [3.05, 3.63) is 0 Å². The van der Waals surface area contributed by atoms with Gasteiger partial charge >= 0.3 is 0 Å². The molecular weight excluding hydrogens is 208 g/mol. The number of hydrogen-bond donors (Lipinski definition) is 1. The smallest absolute Gasteiger partial charge is 0.00798 e. The van der Waals surface area contributed by atoms with Gasteiger partial charge in [0.2, 0.25) is 0 Å². The molecule has 102 valence electrons. The number of hydrogen-bond acceptors (Lipinski definition) is 2. The van der Waals surface area contributed by atoms with Crippen LogP contribution in [0.3, 0.4) is 0 Å². The molecule has 0 saturated carbocycles. The van der Waals surface area contributed by atoms with E-state index in [1.807, 2.05) is 0 Å². The first kappa shape index (κ1) is 15.0. The molecule has 2 heteroatoms. The predicted octanol–water partition coefficient (Wildman–Crippen LogP) is 3.13. The number of rotatable bonds is 4. The number of nitrogens with one attached hydrogen (secondary N) is 1. The Labute approximate surface area is 108 Å². The van der Waals surface area contributed by atoms with Crippen LogP contribution in [0.25, 0.3) is 0 Å². The van der Waals surface area contributed by atoms with Gasteiger partial charge in [-0.15, -0.1) is 0 Å². The molecule has 0 aromatic rings. The highest BCUT2D eigenvalue weighted by Crippen LogP contribution is 2.24. The molecule has 0 spiro atoms. The van der Waals surface area contributed by atoms with E-state index >= 15 is 0 Å². The van der Waals surface area contributed by atoms with E-state index in [1.165, 1.54) is 45.4 Å². The van der Waals surface area contributed by atoms with E-state index in [9.17, 15) is 0 Å². The maximum absolute atomic E-state index is 3.79. The molecule has 1 fully saturated rings. The van der Waals surface area contributed by atoms with E-state index in [2.05, 4.69) is 44.8 Å². The zero-order chi connectivity index (χ0) is 12.9. The van der Waals surface area contributed by atoms with E-state index < -0.39 is 0 Å². The van der Waals surface area contributed by atoms with Crippen molar-refractivity contribution >= 4 is 0 Å². The van der Waals surface area contributed by atoms with Gasteiger partial charge < -0.3 is 10.2 Å². The monoisotopic (exact) mass is 240 g/mol. The highest BCUT2D eigenvalue weighted by atomic mass is 15.1. The summed E-state index contributed by atoms with van der Waals surface area (Å²) in [6, 6.07) is 0.747. The van der Waals surface area contributed by atoms with Gasteiger partial charge in [0, 0.05) is 6.04 Å². The van der Waals surface area contributed by atoms with Crippen molar-refractivity contribution in [1.82, 2.24) is 10.2 Å². The minimum atomic E-state index is 0.424. The second-order valence-electron chi connectivity index (χ2n) is 6.74. The molecule has 1 aliphatic rings. The number of likely N-dealkylation sites (tertiary alicyclic amines) is 1. The molecule has 2 atom stereocenters. The molecule has 0 radical (unpaired) electrons. The second kappa shape index (κ2) is 6.75. The summed E-state index contributed by atoms with van der Waals surface area (Å²) >= 11 is 0. The molecule has 1 heterocycles. The molecule has 0 aromatic carbocycles. The molecule has 2 unspecified atom stereocenters. The highest BCUT2D eigenvalue weighted by Gasteiger charge is 2.21. The Bertz CT molecular complexity index is 207. The first-order valence-electron chi connectivity index (χ1n) is 7.39. The van der Waals surface area contributed by atoms with Crippen molar-refractivity contribution in [1.29, 1.82) is 0 Å². The fourth-order valence-corrected chi connectivity index (χ4v) is 2.33. The van der Waals surface area contributed by atoms with Crippen LogP contribution in [0.5, 0.6) is 0 Å². The lowest BCUT2D eigenvalue weighted by atomic mass is 9.82. The summed E-state index contributed by atoms with van der Waals surface area (Å²) < 4.78 is 0. The van der Waals surface area contributed by atoms with Gasteiger partial charge in [0.15, 0.2) is 0 Å². The van der Waals surface area contributed by atoms with Crippen molar-refractivity contribution in [2.45, 2.75) is 59.9 Å². The summed E-state index contributed by atoms with van der Waals surface area (Å²) in [5.41, 5.74) is 0.424. The van der Waals surface area contributed by atoms with Gasteiger partial charge in [-0.25, -0.2) is 0 Å². The Morgan fingerprint density at radius 1 is 1.24 bits per heavy atom. The van der Waals surface area contributed by atoms with Gasteiger partial charge in [0.05, 0.1) is 0 Å². The third-order valence-corrected chi connectivity index (χ3v) is 4.46. The fraction of sp³-hybridized carbons (Fsp3) is 1.00. The van der Waals surface area contributed by atoms with Crippen LogP contribution in [-0.4, -0.2) is 37.1 Å². The average molecular weight is 240 g/mol. The van der Waals surface area contributed by atoms with E-state index in [0.717, 1.165) is 12.0 Å². The Morgan fingerprint density at radius 2 is 1.94 bits per heavy atom. The van der Waals surface area contributed by atoms with E-state index in [-0.39, 0.29) is 0 Å². The summed E-state index contributed by atoms with van der Waals surface area (Å²) in [4.78, 5) is 2.58. The molecule has 0 aromatic heterocycles. The van der Waals surface area contributed by atoms with Crippen LogP contribution in [0.15, 0.2) is 0 Å². The van der Waals surface area contributed by atoms with Crippen molar-refractivity contribution in [2.24, 2.45) is 11.3 Å². The molecular formula is C15H32N2.